The number of amides is 1. The van der Waals surface area contributed by atoms with E-state index in [1.54, 1.807) is 0 Å². The summed E-state index contributed by atoms with van der Waals surface area (Å²) in [4.78, 5) is 16.8. The fraction of sp³-hybridized carbons (Fsp3) is 0.273. The number of rotatable bonds is 6. The van der Waals surface area contributed by atoms with Crippen LogP contribution in [0.1, 0.15) is 33.0 Å². The largest absolute Gasteiger partial charge is 0.486 e. The molecule has 0 unspecified atom stereocenters. The topological polar surface area (TPSA) is 51.2 Å². The third kappa shape index (κ3) is 5.17. The van der Waals surface area contributed by atoms with E-state index in [2.05, 4.69) is 37.1 Å². The van der Waals surface area contributed by atoms with Crippen molar-refractivity contribution in [2.75, 3.05) is 5.32 Å². The predicted octanol–water partition coefficient (Wildman–Crippen LogP) is 5.14. The summed E-state index contributed by atoms with van der Waals surface area (Å²) in [6.07, 6.45) is 0.257. The molecule has 5 heteroatoms. The van der Waals surface area contributed by atoms with Gasteiger partial charge in [0.25, 0.3) is 0 Å². The van der Waals surface area contributed by atoms with Crippen LogP contribution in [0.15, 0.2) is 41.8 Å². The van der Waals surface area contributed by atoms with Gasteiger partial charge in [-0.25, -0.2) is 4.98 Å². The average molecular weight is 381 g/mol. The van der Waals surface area contributed by atoms with Gasteiger partial charge in [0, 0.05) is 11.1 Å². The van der Waals surface area contributed by atoms with Gasteiger partial charge in [-0.15, -0.1) is 11.3 Å². The van der Waals surface area contributed by atoms with Crippen LogP contribution >= 0.6 is 11.3 Å². The Morgan fingerprint density at radius 1 is 1.00 bits per heavy atom. The molecule has 1 amide bonds. The molecule has 1 N–H and O–H groups in total. The number of hydrogen-bond donors (Lipinski definition) is 1. The SMILES string of the molecule is Cc1ccc(NC(=O)Cc2csc(COc3ccc(C)c(C)c3)n2)cc1C. The fourth-order valence-electron chi connectivity index (χ4n) is 2.63. The van der Waals surface area contributed by atoms with E-state index in [1.165, 1.54) is 28.0 Å². The Balaban J connectivity index is 1.54. The Hall–Kier alpha value is -2.66. The summed E-state index contributed by atoms with van der Waals surface area (Å²) in [7, 11) is 0. The molecule has 0 spiro atoms. The minimum Gasteiger partial charge on any atom is -0.486 e. The van der Waals surface area contributed by atoms with Crippen LogP contribution in [0.3, 0.4) is 0 Å². The fourth-order valence-corrected chi connectivity index (χ4v) is 3.34. The highest BCUT2D eigenvalue weighted by Gasteiger charge is 2.09. The Bertz CT molecular complexity index is 963. The maximum Gasteiger partial charge on any atom is 0.230 e. The van der Waals surface area contributed by atoms with E-state index in [9.17, 15) is 4.79 Å². The first-order valence-electron chi connectivity index (χ1n) is 8.91. The first-order valence-corrected chi connectivity index (χ1v) is 9.79. The smallest absolute Gasteiger partial charge is 0.230 e. The third-order valence-corrected chi connectivity index (χ3v) is 5.44. The predicted molar refractivity (Wildman–Crippen MR) is 111 cm³/mol. The molecule has 2 aromatic carbocycles. The highest BCUT2D eigenvalue weighted by molar-refractivity contribution is 7.09. The van der Waals surface area contributed by atoms with Crippen LogP contribution in [0, 0.1) is 27.7 Å². The van der Waals surface area contributed by atoms with Gasteiger partial charge >= 0.3 is 0 Å². The number of benzene rings is 2. The quantitative estimate of drug-likeness (QED) is 0.644. The molecule has 0 aliphatic heterocycles. The van der Waals surface area contributed by atoms with Crippen molar-refractivity contribution in [2.45, 2.75) is 40.7 Å². The van der Waals surface area contributed by atoms with Crippen molar-refractivity contribution in [3.05, 3.63) is 74.7 Å². The van der Waals surface area contributed by atoms with E-state index in [0.717, 1.165) is 27.7 Å². The van der Waals surface area contributed by atoms with Crippen molar-refractivity contribution >= 4 is 22.9 Å². The number of ether oxygens (including phenoxy) is 1. The molecule has 140 valence electrons. The number of hydrogen-bond acceptors (Lipinski definition) is 4. The molecule has 0 radical (unpaired) electrons. The summed E-state index contributed by atoms with van der Waals surface area (Å²) in [5.74, 6) is 0.771. The monoisotopic (exact) mass is 380 g/mol. The summed E-state index contributed by atoms with van der Waals surface area (Å²) < 4.78 is 5.81. The zero-order valence-electron chi connectivity index (χ0n) is 16.1. The highest BCUT2D eigenvalue weighted by atomic mass is 32.1. The lowest BCUT2D eigenvalue weighted by Crippen LogP contribution is -2.14. The first kappa shape index (κ1) is 19.1. The lowest BCUT2D eigenvalue weighted by molar-refractivity contribution is -0.115. The zero-order valence-corrected chi connectivity index (χ0v) is 16.9. The molecule has 1 aromatic heterocycles. The number of nitrogens with one attached hydrogen (secondary N) is 1. The van der Waals surface area contributed by atoms with Gasteiger partial charge in [0.05, 0.1) is 12.1 Å². The maximum atomic E-state index is 12.3. The van der Waals surface area contributed by atoms with Crippen molar-refractivity contribution in [3.63, 3.8) is 0 Å². The van der Waals surface area contributed by atoms with E-state index < -0.39 is 0 Å². The van der Waals surface area contributed by atoms with Crippen LogP contribution in [0.4, 0.5) is 5.69 Å². The molecule has 0 bridgehead atoms. The van der Waals surface area contributed by atoms with E-state index in [-0.39, 0.29) is 12.3 Å². The lowest BCUT2D eigenvalue weighted by Gasteiger charge is -2.07. The number of aryl methyl sites for hydroxylation is 4. The first-order chi connectivity index (χ1) is 12.9. The molecule has 0 saturated carbocycles. The minimum atomic E-state index is -0.0646. The van der Waals surface area contributed by atoms with Gasteiger partial charge in [0.2, 0.25) is 5.91 Å². The second kappa shape index (κ2) is 8.35. The number of aromatic nitrogens is 1. The second-order valence-corrected chi connectivity index (χ2v) is 7.73. The zero-order chi connectivity index (χ0) is 19.4. The Morgan fingerprint density at radius 3 is 2.41 bits per heavy atom. The van der Waals surface area contributed by atoms with Crippen molar-refractivity contribution in [1.29, 1.82) is 0 Å². The third-order valence-electron chi connectivity index (χ3n) is 4.57. The molecule has 1 heterocycles. The molecular weight excluding hydrogens is 356 g/mol. The van der Waals surface area contributed by atoms with E-state index in [1.807, 2.05) is 42.6 Å². The van der Waals surface area contributed by atoms with Gasteiger partial charge in [-0.1, -0.05) is 12.1 Å². The van der Waals surface area contributed by atoms with Crippen molar-refractivity contribution in [3.8, 4) is 5.75 Å². The number of anilines is 1. The Labute approximate surface area is 164 Å². The van der Waals surface area contributed by atoms with Crippen LogP contribution in [0.2, 0.25) is 0 Å². The standard InChI is InChI=1S/C22H24N2O2S/c1-14-5-7-18(9-16(14)3)23-21(25)11-19-13-27-22(24-19)12-26-20-8-6-15(2)17(4)10-20/h5-10,13H,11-12H2,1-4H3,(H,23,25). The summed E-state index contributed by atoms with van der Waals surface area (Å²) >= 11 is 1.51. The van der Waals surface area contributed by atoms with Crippen molar-refractivity contribution in [1.82, 2.24) is 4.98 Å². The van der Waals surface area contributed by atoms with E-state index in [4.69, 9.17) is 4.74 Å². The molecular formula is C22H24N2O2S. The van der Waals surface area contributed by atoms with Gasteiger partial charge in [-0.3, -0.25) is 4.79 Å². The molecule has 0 fully saturated rings. The van der Waals surface area contributed by atoms with Gasteiger partial charge < -0.3 is 10.1 Å². The molecule has 0 saturated heterocycles. The second-order valence-electron chi connectivity index (χ2n) is 6.79. The Kier molecular flexibility index (Phi) is 5.91. The summed E-state index contributed by atoms with van der Waals surface area (Å²) in [5, 5.41) is 5.71. The van der Waals surface area contributed by atoms with Crippen LogP contribution in [0.5, 0.6) is 5.75 Å². The minimum absolute atomic E-state index is 0.0646. The molecule has 3 aromatic rings. The van der Waals surface area contributed by atoms with E-state index in [0.29, 0.717) is 6.61 Å². The van der Waals surface area contributed by atoms with Gasteiger partial charge in [0.1, 0.15) is 17.4 Å². The molecule has 4 nitrogen and oxygen atoms in total. The molecule has 0 aliphatic rings. The van der Waals surface area contributed by atoms with Crippen LogP contribution in [-0.4, -0.2) is 10.9 Å². The highest BCUT2D eigenvalue weighted by Crippen LogP contribution is 2.19. The van der Waals surface area contributed by atoms with E-state index >= 15 is 0 Å². The van der Waals surface area contributed by atoms with Crippen molar-refractivity contribution in [2.24, 2.45) is 0 Å². The summed E-state index contributed by atoms with van der Waals surface area (Å²) in [6.45, 7) is 8.64. The average Bonchev–Trinajstić information content (AvgIpc) is 3.06. The number of carbonyl (C=O) groups excluding carboxylic acids is 1. The summed E-state index contributed by atoms with van der Waals surface area (Å²) in [5.41, 5.74) is 6.40. The van der Waals surface area contributed by atoms with Crippen LogP contribution in [0.25, 0.3) is 0 Å². The van der Waals surface area contributed by atoms with Gasteiger partial charge in [-0.2, -0.15) is 0 Å². The number of thiazole rings is 1. The van der Waals surface area contributed by atoms with Gasteiger partial charge in [0.15, 0.2) is 0 Å². The van der Waals surface area contributed by atoms with Crippen LogP contribution < -0.4 is 10.1 Å². The van der Waals surface area contributed by atoms with Gasteiger partial charge in [-0.05, 0) is 74.2 Å². The molecule has 0 aliphatic carbocycles. The molecule has 27 heavy (non-hydrogen) atoms. The summed E-state index contributed by atoms with van der Waals surface area (Å²) in [6, 6.07) is 12.0. The normalized spacial score (nSPS) is 10.7. The van der Waals surface area contributed by atoms with Crippen LogP contribution in [-0.2, 0) is 17.8 Å². The Morgan fingerprint density at radius 2 is 1.70 bits per heavy atom. The molecule has 3 rings (SSSR count). The number of carbonyl (C=O) groups is 1. The number of nitrogens with zero attached hydrogens (tertiary/aromatic N) is 1. The maximum absolute atomic E-state index is 12.3. The molecule has 0 atom stereocenters. The van der Waals surface area contributed by atoms with Crippen molar-refractivity contribution < 1.29 is 9.53 Å². The lowest BCUT2D eigenvalue weighted by atomic mass is 10.1.